The maximum atomic E-state index is 2.76. The fraction of sp³-hybridized carbons (Fsp3) is 0.273. The van der Waals surface area contributed by atoms with Gasteiger partial charge in [-0.2, -0.15) is 0 Å². The van der Waals surface area contributed by atoms with Crippen LogP contribution in [-0.4, -0.2) is 0 Å². The third kappa shape index (κ3) is 1.16. The summed E-state index contributed by atoms with van der Waals surface area (Å²) in [7, 11) is 0. The summed E-state index contributed by atoms with van der Waals surface area (Å²) in [5, 5.41) is 0. The van der Waals surface area contributed by atoms with Crippen molar-refractivity contribution in [1.82, 2.24) is 0 Å². The Morgan fingerprint density at radius 3 is 2.75 bits per heavy atom. The van der Waals surface area contributed by atoms with E-state index >= 15 is 0 Å². The van der Waals surface area contributed by atoms with Gasteiger partial charge in [0.1, 0.15) is 0 Å². The second-order valence-electron chi connectivity index (χ2n) is 3.10. The van der Waals surface area contributed by atoms with Crippen LogP contribution in [0.5, 0.6) is 0 Å². The average molecular weight is 194 g/mol. The number of hydrogen-bond acceptors (Lipinski definition) is 0. The van der Waals surface area contributed by atoms with E-state index in [-0.39, 0.29) is 0 Å². The molecule has 1 aliphatic rings. The molecule has 1 atom stereocenters. The van der Waals surface area contributed by atoms with Crippen molar-refractivity contribution in [3.8, 4) is 0 Å². The fourth-order valence-corrected chi connectivity index (χ4v) is 2.43. The van der Waals surface area contributed by atoms with Gasteiger partial charge in [-0.25, -0.2) is 0 Å². The van der Waals surface area contributed by atoms with Crippen LogP contribution in [0.25, 0.3) is 6.08 Å². The average Bonchev–Trinajstić information content (AvgIpc) is 2.44. The van der Waals surface area contributed by atoms with Crippen molar-refractivity contribution in [3.05, 3.63) is 41.0 Å². The molecular weight excluding hydrogens is 183 g/mol. The van der Waals surface area contributed by atoms with Crippen LogP contribution in [-0.2, 0) is 17.4 Å². The topological polar surface area (TPSA) is 0 Å². The Morgan fingerprint density at radius 2 is 2.08 bits per heavy atom. The van der Waals surface area contributed by atoms with Gasteiger partial charge in [0.25, 0.3) is 0 Å². The predicted molar refractivity (Wildman–Crippen MR) is 47.5 cm³/mol. The third-order valence-electron chi connectivity index (χ3n) is 2.39. The number of fused-ring (bicyclic) bond motifs is 1. The standard InChI is InChI=1S/C11H11.V/c1-2-9-7-10-5-3-4-6-11(10)8-9;/h3-8H,2H2,1H3;. The van der Waals surface area contributed by atoms with Gasteiger partial charge in [0.05, 0.1) is 0 Å². The fourth-order valence-electron chi connectivity index (χ4n) is 1.67. The third-order valence-corrected chi connectivity index (χ3v) is 3.34. The zero-order valence-corrected chi connectivity index (χ0v) is 8.52. The van der Waals surface area contributed by atoms with Gasteiger partial charge in [-0.1, -0.05) is 0 Å². The first kappa shape index (κ1) is 8.16. The van der Waals surface area contributed by atoms with Crippen molar-refractivity contribution in [1.29, 1.82) is 0 Å². The summed E-state index contributed by atoms with van der Waals surface area (Å²) in [5.41, 5.74) is 4.41. The van der Waals surface area contributed by atoms with Crippen molar-refractivity contribution in [2.24, 2.45) is 0 Å². The number of benzene rings is 1. The molecule has 0 fully saturated rings. The van der Waals surface area contributed by atoms with Gasteiger partial charge in [0.15, 0.2) is 0 Å². The summed E-state index contributed by atoms with van der Waals surface area (Å²) >= 11 is 2.76. The van der Waals surface area contributed by atoms with Crippen molar-refractivity contribution >= 4 is 6.08 Å². The second-order valence-corrected chi connectivity index (χ2v) is 3.91. The van der Waals surface area contributed by atoms with Gasteiger partial charge in [0, 0.05) is 0 Å². The molecule has 60 valence electrons. The van der Waals surface area contributed by atoms with E-state index in [1.807, 2.05) is 0 Å². The molecule has 1 aromatic carbocycles. The van der Waals surface area contributed by atoms with Gasteiger partial charge in [0.2, 0.25) is 0 Å². The van der Waals surface area contributed by atoms with E-state index in [2.05, 4.69) is 54.7 Å². The first-order chi connectivity index (χ1) is 5.83. The number of allylic oxidation sites excluding steroid dienone is 1. The quantitative estimate of drug-likeness (QED) is 0.644. The molecular formula is C11H11V. The zero-order valence-electron chi connectivity index (χ0n) is 7.12. The molecule has 1 aromatic rings. The summed E-state index contributed by atoms with van der Waals surface area (Å²) in [6, 6.07) is 8.63. The molecule has 0 saturated carbocycles. The minimum absolute atomic E-state index is 0.582. The molecule has 0 heterocycles. The van der Waals surface area contributed by atoms with E-state index in [1.165, 1.54) is 16.7 Å². The monoisotopic (exact) mass is 194 g/mol. The Bertz CT molecular complexity index is 326. The van der Waals surface area contributed by atoms with Gasteiger partial charge < -0.3 is 0 Å². The van der Waals surface area contributed by atoms with E-state index in [9.17, 15) is 0 Å². The normalized spacial score (nSPS) is 20.4. The summed E-state index contributed by atoms with van der Waals surface area (Å²) in [6.07, 6.45) is 3.48. The number of hydrogen-bond donors (Lipinski definition) is 0. The van der Waals surface area contributed by atoms with Crippen molar-refractivity contribution < 1.29 is 17.4 Å². The van der Waals surface area contributed by atoms with Gasteiger partial charge in [-0.3, -0.25) is 0 Å². The van der Waals surface area contributed by atoms with E-state index in [0.717, 1.165) is 6.42 Å². The first-order valence-electron chi connectivity index (χ1n) is 4.30. The molecule has 0 aliphatic heterocycles. The van der Waals surface area contributed by atoms with Gasteiger partial charge in [-0.05, 0) is 0 Å². The molecule has 1 aliphatic carbocycles. The zero-order chi connectivity index (χ0) is 8.55. The molecule has 0 bridgehead atoms. The Balaban J connectivity index is 2.47. The van der Waals surface area contributed by atoms with Crippen molar-refractivity contribution in [2.45, 2.75) is 18.0 Å². The van der Waals surface area contributed by atoms with Crippen molar-refractivity contribution in [3.63, 3.8) is 0 Å². The molecule has 0 saturated heterocycles. The Morgan fingerprint density at radius 1 is 1.33 bits per heavy atom. The van der Waals surface area contributed by atoms with Crippen LogP contribution >= 0.6 is 0 Å². The van der Waals surface area contributed by atoms with Crippen LogP contribution < -0.4 is 0 Å². The molecule has 0 nitrogen and oxygen atoms in total. The molecule has 1 heteroatoms. The molecule has 0 N–H and O–H groups in total. The van der Waals surface area contributed by atoms with E-state index in [0.29, 0.717) is 4.63 Å². The molecule has 2 rings (SSSR count). The Hall–Kier alpha value is -0.456. The first-order valence-corrected chi connectivity index (χ1v) is 5.11. The van der Waals surface area contributed by atoms with Gasteiger partial charge in [-0.15, -0.1) is 0 Å². The molecule has 12 heavy (non-hydrogen) atoms. The van der Waals surface area contributed by atoms with Crippen LogP contribution in [0.15, 0.2) is 29.8 Å². The molecule has 0 aromatic heterocycles. The van der Waals surface area contributed by atoms with Crippen molar-refractivity contribution in [2.75, 3.05) is 0 Å². The molecule has 0 radical (unpaired) electrons. The van der Waals surface area contributed by atoms with E-state index in [4.69, 9.17) is 0 Å². The summed E-state index contributed by atoms with van der Waals surface area (Å²) < 4.78 is 0.582. The summed E-state index contributed by atoms with van der Waals surface area (Å²) in [6.45, 7) is 2.22. The Kier molecular flexibility index (Phi) is 2.12. The van der Waals surface area contributed by atoms with Crippen LogP contribution in [0.2, 0.25) is 0 Å². The molecule has 0 spiro atoms. The SMILES string of the molecule is CCC1=Cc2ccccc2[CH]1[V]. The minimum atomic E-state index is 0.582. The van der Waals surface area contributed by atoms with Crippen LogP contribution in [0, 0.1) is 0 Å². The molecule has 1 unspecified atom stereocenters. The summed E-state index contributed by atoms with van der Waals surface area (Å²) in [4.78, 5) is 0. The second kappa shape index (κ2) is 3.12. The van der Waals surface area contributed by atoms with E-state index < -0.39 is 0 Å². The maximum absolute atomic E-state index is 2.76. The van der Waals surface area contributed by atoms with Gasteiger partial charge >= 0.3 is 82.4 Å². The van der Waals surface area contributed by atoms with E-state index in [1.54, 1.807) is 0 Å². The number of rotatable bonds is 1. The molecule has 0 amide bonds. The van der Waals surface area contributed by atoms with Crippen LogP contribution in [0.3, 0.4) is 0 Å². The summed E-state index contributed by atoms with van der Waals surface area (Å²) in [5.74, 6) is 0. The Labute approximate surface area is 82.6 Å². The van der Waals surface area contributed by atoms with Crippen LogP contribution in [0.4, 0.5) is 0 Å². The predicted octanol–water partition coefficient (Wildman–Crippen LogP) is 3.08. The van der Waals surface area contributed by atoms with Crippen LogP contribution in [0.1, 0.15) is 29.1 Å².